The number of nitrogens with one attached hydrogen (secondary N) is 1. The Bertz CT molecular complexity index is 803. The minimum absolute atomic E-state index is 0.260. The van der Waals surface area contributed by atoms with E-state index in [1.807, 2.05) is 6.07 Å². The van der Waals surface area contributed by atoms with Crippen molar-refractivity contribution < 1.29 is 14.3 Å². The molecule has 1 heterocycles. The molecule has 1 amide bonds. The molecule has 0 atom stereocenters. The van der Waals surface area contributed by atoms with Crippen molar-refractivity contribution in [3.8, 4) is 6.07 Å². The smallest absolute Gasteiger partial charge is 0.326 e. The Morgan fingerprint density at radius 2 is 1.91 bits per heavy atom. The standard InChI is InChI=1S/C16H13N3O4/c17-9-12-4-6-13(7-5-12)18-14(20)11-23-16(22)10-19-8-2-1-3-15(19)21/h1-8H,10-11H2,(H,18,20). The predicted molar refractivity (Wildman–Crippen MR) is 81.4 cm³/mol. The number of ether oxygens (including phenoxy) is 1. The zero-order valence-electron chi connectivity index (χ0n) is 12.1. The quantitative estimate of drug-likeness (QED) is 0.827. The van der Waals surface area contributed by atoms with Crippen LogP contribution in [0.1, 0.15) is 5.56 Å². The van der Waals surface area contributed by atoms with Gasteiger partial charge in [-0.3, -0.25) is 14.4 Å². The first-order valence-electron chi connectivity index (χ1n) is 6.69. The maximum absolute atomic E-state index is 11.7. The Balaban J connectivity index is 1.82. The lowest BCUT2D eigenvalue weighted by Crippen LogP contribution is -2.26. The van der Waals surface area contributed by atoms with Gasteiger partial charge < -0.3 is 14.6 Å². The van der Waals surface area contributed by atoms with Gasteiger partial charge in [0, 0.05) is 18.0 Å². The molecular formula is C16H13N3O4. The second-order valence-electron chi connectivity index (χ2n) is 4.56. The van der Waals surface area contributed by atoms with E-state index in [4.69, 9.17) is 10.00 Å². The summed E-state index contributed by atoms with van der Waals surface area (Å²) in [6.07, 6.45) is 1.46. The SMILES string of the molecule is N#Cc1ccc(NC(=O)COC(=O)Cn2ccccc2=O)cc1. The molecule has 0 bridgehead atoms. The predicted octanol–water partition coefficient (Wildman–Crippen LogP) is 0.902. The molecule has 2 rings (SSSR count). The third-order valence-electron chi connectivity index (χ3n) is 2.86. The number of anilines is 1. The normalized spacial score (nSPS) is 9.70. The number of nitriles is 1. The van der Waals surface area contributed by atoms with Crippen LogP contribution >= 0.6 is 0 Å². The highest BCUT2D eigenvalue weighted by atomic mass is 16.5. The van der Waals surface area contributed by atoms with E-state index in [2.05, 4.69) is 5.32 Å². The Morgan fingerprint density at radius 3 is 2.57 bits per heavy atom. The van der Waals surface area contributed by atoms with Crippen molar-refractivity contribution in [1.82, 2.24) is 4.57 Å². The number of esters is 1. The van der Waals surface area contributed by atoms with Crippen LogP contribution in [-0.4, -0.2) is 23.1 Å². The highest BCUT2D eigenvalue weighted by Crippen LogP contribution is 2.08. The van der Waals surface area contributed by atoms with E-state index in [-0.39, 0.29) is 12.1 Å². The second-order valence-corrected chi connectivity index (χ2v) is 4.56. The summed E-state index contributed by atoms with van der Waals surface area (Å²) in [5.41, 5.74) is 0.638. The number of rotatable bonds is 5. The maximum Gasteiger partial charge on any atom is 0.326 e. The molecule has 7 heteroatoms. The summed E-state index contributed by atoms with van der Waals surface area (Å²) < 4.78 is 6.00. The molecule has 1 N–H and O–H groups in total. The van der Waals surface area contributed by atoms with Gasteiger partial charge in [-0.15, -0.1) is 0 Å². The highest BCUT2D eigenvalue weighted by molar-refractivity contribution is 5.92. The van der Waals surface area contributed by atoms with Crippen LogP contribution in [0.3, 0.4) is 0 Å². The fourth-order valence-corrected chi connectivity index (χ4v) is 1.75. The van der Waals surface area contributed by atoms with Gasteiger partial charge in [-0.05, 0) is 30.3 Å². The van der Waals surface area contributed by atoms with Crippen LogP contribution in [0.5, 0.6) is 0 Å². The fraction of sp³-hybridized carbons (Fsp3) is 0.125. The highest BCUT2D eigenvalue weighted by Gasteiger charge is 2.09. The van der Waals surface area contributed by atoms with E-state index in [0.717, 1.165) is 0 Å². The van der Waals surface area contributed by atoms with Gasteiger partial charge in [0.05, 0.1) is 11.6 Å². The van der Waals surface area contributed by atoms with E-state index in [0.29, 0.717) is 11.3 Å². The van der Waals surface area contributed by atoms with E-state index in [9.17, 15) is 14.4 Å². The molecule has 116 valence electrons. The zero-order valence-corrected chi connectivity index (χ0v) is 12.1. The number of carbonyl (C=O) groups is 2. The third kappa shape index (κ3) is 4.82. The summed E-state index contributed by atoms with van der Waals surface area (Å²) in [5.74, 6) is -1.20. The second kappa shape index (κ2) is 7.56. The molecule has 0 saturated carbocycles. The Labute approximate surface area is 131 Å². The minimum Gasteiger partial charge on any atom is -0.454 e. The van der Waals surface area contributed by atoms with Crippen molar-refractivity contribution in [2.45, 2.75) is 6.54 Å². The van der Waals surface area contributed by atoms with Crippen molar-refractivity contribution in [3.63, 3.8) is 0 Å². The van der Waals surface area contributed by atoms with Crippen LogP contribution in [0.4, 0.5) is 5.69 Å². The first-order valence-corrected chi connectivity index (χ1v) is 6.69. The van der Waals surface area contributed by atoms with Gasteiger partial charge in [0.15, 0.2) is 6.61 Å². The number of carbonyl (C=O) groups excluding carboxylic acids is 2. The Kier molecular flexibility index (Phi) is 5.25. The lowest BCUT2D eigenvalue weighted by Gasteiger charge is -2.07. The fourth-order valence-electron chi connectivity index (χ4n) is 1.75. The molecule has 0 aliphatic rings. The molecule has 1 aromatic heterocycles. The molecule has 0 radical (unpaired) electrons. The van der Waals surface area contributed by atoms with Crippen LogP contribution in [0.15, 0.2) is 53.5 Å². The van der Waals surface area contributed by atoms with Gasteiger partial charge in [0.25, 0.3) is 11.5 Å². The molecule has 0 aliphatic heterocycles. The van der Waals surface area contributed by atoms with E-state index < -0.39 is 18.5 Å². The summed E-state index contributed by atoms with van der Waals surface area (Å²) in [4.78, 5) is 34.7. The maximum atomic E-state index is 11.7. The monoisotopic (exact) mass is 311 g/mol. The molecule has 2 aromatic rings. The molecule has 0 aliphatic carbocycles. The van der Waals surface area contributed by atoms with Crippen molar-refractivity contribution in [2.75, 3.05) is 11.9 Å². The van der Waals surface area contributed by atoms with Crippen molar-refractivity contribution in [1.29, 1.82) is 5.26 Å². The van der Waals surface area contributed by atoms with Gasteiger partial charge in [-0.25, -0.2) is 0 Å². The number of benzene rings is 1. The van der Waals surface area contributed by atoms with E-state index in [1.54, 1.807) is 36.4 Å². The van der Waals surface area contributed by atoms with Gasteiger partial charge in [-0.2, -0.15) is 5.26 Å². The average molecular weight is 311 g/mol. The topological polar surface area (TPSA) is 101 Å². The van der Waals surface area contributed by atoms with Crippen LogP contribution in [0, 0.1) is 11.3 Å². The largest absolute Gasteiger partial charge is 0.454 e. The lowest BCUT2D eigenvalue weighted by atomic mass is 10.2. The van der Waals surface area contributed by atoms with Gasteiger partial charge in [-0.1, -0.05) is 6.07 Å². The zero-order chi connectivity index (χ0) is 16.7. The summed E-state index contributed by atoms with van der Waals surface area (Å²) in [6, 6.07) is 12.7. The van der Waals surface area contributed by atoms with Crippen molar-refractivity contribution in [2.24, 2.45) is 0 Å². The van der Waals surface area contributed by atoms with Crippen molar-refractivity contribution in [3.05, 3.63) is 64.6 Å². The number of pyridine rings is 1. The van der Waals surface area contributed by atoms with E-state index >= 15 is 0 Å². The van der Waals surface area contributed by atoms with Gasteiger partial charge >= 0.3 is 5.97 Å². The molecule has 1 aromatic carbocycles. The van der Waals surface area contributed by atoms with Crippen LogP contribution < -0.4 is 10.9 Å². The van der Waals surface area contributed by atoms with Crippen molar-refractivity contribution >= 4 is 17.6 Å². The van der Waals surface area contributed by atoms with Crippen LogP contribution in [-0.2, 0) is 20.9 Å². The summed E-state index contributed by atoms with van der Waals surface area (Å²) in [5, 5.41) is 11.2. The summed E-state index contributed by atoms with van der Waals surface area (Å²) in [6.45, 7) is -0.718. The molecule has 0 fully saturated rings. The van der Waals surface area contributed by atoms with Crippen LogP contribution in [0.25, 0.3) is 0 Å². The third-order valence-corrected chi connectivity index (χ3v) is 2.86. The summed E-state index contributed by atoms with van der Waals surface area (Å²) >= 11 is 0. The molecule has 0 spiro atoms. The van der Waals surface area contributed by atoms with Gasteiger partial charge in [0.1, 0.15) is 6.54 Å². The summed E-state index contributed by atoms with van der Waals surface area (Å²) in [7, 11) is 0. The Hall–Kier alpha value is -3.40. The van der Waals surface area contributed by atoms with Gasteiger partial charge in [0.2, 0.25) is 0 Å². The number of amides is 1. The number of aromatic nitrogens is 1. The Morgan fingerprint density at radius 1 is 1.17 bits per heavy atom. The molecular weight excluding hydrogens is 298 g/mol. The molecule has 0 unspecified atom stereocenters. The molecule has 23 heavy (non-hydrogen) atoms. The molecule has 0 saturated heterocycles. The number of nitrogens with zero attached hydrogens (tertiary/aromatic N) is 2. The number of hydrogen-bond acceptors (Lipinski definition) is 5. The lowest BCUT2D eigenvalue weighted by molar-refractivity contribution is -0.147. The minimum atomic E-state index is -0.687. The molecule has 7 nitrogen and oxygen atoms in total. The first-order chi connectivity index (χ1) is 11.1. The van der Waals surface area contributed by atoms with Crippen LogP contribution in [0.2, 0.25) is 0 Å². The van der Waals surface area contributed by atoms with E-state index in [1.165, 1.54) is 16.8 Å². The number of hydrogen-bond donors (Lipinski definition) is 1. The first kappa shape index (κ1) is 16.0. The average Bonchev–Trinajstić information content (AvgIpc) is 2.56.